The van der Waals surface area contributed by atoms with Crippen molar-refractivity contribution in [2.45, 2.75) is 24.8 Å². The highest BCUT2D eigenvalue weighted by Crippen LogP contribution is 2.40. The summed E-state index contributed by atoms with van der Waals surface area (Å²) >= 11 is 0. The zero-order chi connectivity index (χ0) is 13.9. The zero-order valence-electron chi connectivity index (χ0n) is 11.1. The molecule has 1 aliphatic carbocycles. The number of nitrogens with one attached hydrogen (secondary N) is 1. The Morgan fingerprint density at radius 2 is 1.80 bits per heavy atom. The molecule has 102 valence electrons. The third-order valence-electron chi connectivity index (χ3n) is 3.71. The standard InChI is InChI=1S/C17H17NO2/c19-16-9-5-4-8-13(16)10-17(20)18-15-11-14(15)12-6-2-1-3-7-12/h1-9,14-15,19H,10-11H2,(H,18,20). The molecule has 0 aliphatic heterocycles. The van der Waals surface area contributed by atoms with Crippen LogP contribution in [-0.4, -0.2) is 17.1 Å². The Morgan fingerprint density at radius 1 is 1.10 bits per heavy atom. The van der Waals surface area contributed by atoms with Crippen molar-refractivity contribution in [1.82, 2.24) is 5.32 Å². The Morgan fingerprint density at radius 3 is 2.55 bits per heavy atom. The Balaban J connectivity index is 1.55. The number of para-hydroxylation sites is 1. The molecular formula is C17H17NO2. The molecule has 3 rings (SSSR count). The predicted octanol–water partition coefficient (Wildman–Crippen LogP) is 2.61. The summed E-state index contributed by atoms with van der Waals surface area (Å²) in [5.74, 6) is 0.581. The highest BCUT2D eigenvalue weighted by molar-refractivity contribution is 5.80. The number of amides is 1. The Hall–Kier alpha value is -2.29. The van der Waals surface area contributed by atoms with E-state index in [1.165, 1.54) is 5.56 Å². The van der Waals surface area contributed by atoms with Gasteiger partial charge >= 0.3 is 0 Å². The van der Waals surface area contributed by atoms with Gasteiger partial charge in [-0.3, -0.25) is 4.79 Å². The first-order valence-corrected chi connectivity index (χ1v) is 6.85. The largest absolute Gasteiger partial charge is 0.508 e. The number of rotatable bonds is 4. The van der Waals surface area contributed by atoms with Crippen molar-refractivity contribution < 1.29 is 9.90 Å². The second-order valence-electron chi connectivity index (χ2n) is 5.23. The van der Waals surface area contributed by atoms with Crippen LogP contribution in [0.1, 0.15) is 23.5 Å². The molecule has 1 fully saturated rings. The molecule has 20 heavy (non-hydrogen) atoms. The van der Waals surface area contributed by atoms with E-state index in [9.17, 15) is 9.90 Å². The van der Waals surface area contributed by atoms with Crippen LogP contribution in [0.15, 0.2) is 54.6 Å². The Bertz CT molecular complexity index is 609. The highest BCUT2D eigenvalue weighted by atomic mass is 16.3. The van der Waals surface area contributed by atoms with Crippen LogP contribution in [0.4, 0.5) is 0 Å². The van der Waals surface area contributed by atoms with E-state index < -0.39 is 0 Å². The summed E-state index contributed by atoms with van der Waals surface area (Å²) in [6.45, 7) is 0. The van der Waals surface area contributed by atoms with Gasteiger partial charge < -0.3 is 10.4 Å². The molecule has 0 radical (unpaired) electrons. The number of carbonyl (C=O) groups is 1. The van der Waals surface area contributed by atoms with Crippen molar-refractivity contribution in [3.05, 3.63) is 65.7 Å². The van der Waals surface area contributed by atoms with E-state index in [-0.39, 0.29) is 24.1 Å². The predicted molar refractivity (Wildman–Crippen MR) is 77.5 cm³/mol. The van der Waals surface area contributed by atoms with Crippen LogP contribution in [0.3, 0.4) is 0 Å². The molecule has 2 unspecified atom stereocenters. The summed E-state index contributed by atoms with van der Waals surface area (Å²) in [6, 6.07) is 17.4. The smallest absolute Gasteiger partial charge is 0.224 e. The first-order chi connectivity index (χ1) is 9.74. The topological polar surface area (TPSA) is 49.3 Å². The van der Waals surface area contributed by atoms with Crippen LogP contribution >= 0.6 is 0 Å². The van der Waals surface area contributed by atoms with E-state index >= 15 is 0 Å². The van der Waals surface area contributed by atoms with Gasteiger partial charge in [-0.2, -0.15) is 0 Å². The second-order valence-corrected chi connectivity index (χ2v) is 5.23. The molecule has 3 nitrogen and oxygen atoms in total. The molecule has 1 aliphatic rings. The number of aromatic hydroxyl groups is 1. The van der Waals surface area contributed by atoms with E-state index in [4.69, 9.17) is 0 Å². The van der Waals surface area contributed by atoms with Gasteiger partial charge in [0.2, 0.25) is 5.91 Å². The molecule has 1 saturated carbocycles. The first-order valence-electron chi connectivity index (χ1n) is 6.85. The fourth-order valence-electron chi connectivity index (χ4n) is 2.51. The molecule has 0 saturated heterocycles. The fourth-order valence-corrected chi connectivity index (χ4v) is 2.51. The number of benzene rings is 2. The van der Waals surface area contributed by atoms with Gasteiger partial charge in [-0.05, 0) is 18.1 Å². The summed E-state index contributed by atoms with van der Waals surface area (Å²) in [6.07, 6.45) is 1.22. The van der Waals surface area contributed by atoms with Crippen molar-refractivity contribution in [3.8, 4) is 5.75 Å². The van der Waals surface area contributed by atoms with Crippen molar-refractivity contribution in [2.75, 3.05) is 0 Å². The lowest BCUT2D eigenvalue weighted by molar-refractivity contribution is -0.120. The minimum absolute atomic E-state index is 0.0325. The van der Waals surface area contributed by atoms with Gasteiger partial charge in [-0.1, -0.05) is 48.5 Å². The average molecular weight is 267 g/mol. The first kappa shape index (κ1) is 12.7. The van der Waals surface area contributed by atoms with Crippen LogP contribution in [0, 0.1) is 0 Å². The van der Waals surface area contributed by atoms with Crippen LogP contribution in [-0.2, 0) is 11.2 Å². The van der Waals surface area contributed by atoms with Crippen molar-refractivity contribution in [1.29, 1.82) is 0 Å². The van der Waals surface area contributed by atoms with Crippen molar-refractivity contribution >= 4 is 5.91 Å². The van der Waals surface area contributed by atoms with Gasteiger partial charge in [0.1, 0.15) is 5.75 Å². The van der Waals surface area contributed by atoms with Crippen molar-refractivity contribution in [3.63, 3.8) is 0 Å². The van der Waals surface area contributed by atoms with Crippen LogP contribution in [0.5, 0.6) is 5.75 Å². The average Bonchev–Trinajstić information content (AvgIpc) is 3.21. The van der Waals surface area contributed by atoms with Gasteiger partial charge in [0.25, 0.3) is 0 Å². The molecule has 3 heteroatoms. The minimum atomic E-state index is -0.0325. The lowest BCUT2D eigenvalue weighted by Crippen LogP contribution is -2.28. The normalized spacial score (nSPS) is 20.4. The van der Waals surface area contributed by atoms with Gasteiger partial charge in [-0.25, -0.2) is 0 Å². The third kappa shape index (κ3) is 2.82. The molecule has 0 bridgehead atoms. The quantitative estimate of drug-likeness (QED) is 0.894. The highest BCUT2D eigenvalue weighted by Gasteiger charge is 2.39. The number of phenols is 1. The second kappa shape index (κ2) is 5.37. The summed E-state index contributed by atoms with van der Waals surface area (Å²) in [7, 11) is 0. The fraction of sp³-hybridized carbons (Fsp3) is 0.235. The van der Waals surface area contributed by atoms with Crippen LogP contribution in [0.25, 0.3) is 0 Å². The summed E-state index contributed by atoms with van der Waals surface area (Å²) < 4.78 is 0. The third-order valence-corrected chi connectivity index (χ3v) is 3.71. The monoisotopic (exact) mass is 267 g/mol. The van der Waals surface area contributed by atoms with E-state index in [1.54, 1.807) is 18.2 Å². The van der Waals surface area contributed by atoms with Gasteiger partial charge in [0.15, 0.2) is 0 Å². The van der Waals surface area contributed by atoms with Gasteiger partial charge in [0, 0.05) is 17.5 Å². The molecule has 2 aromatic carbocycles. The van der Waals surface area contributed by atoms with E-state index in [1.807, 2.05) is 24.3 Å². The molecule has 2 atom stereocenters. The lowest BCUT2D eigenvalue weighted by atomic mass is 10.1. The maximum atomic E-state index is 12.0. The van der Waals surface area contributed by atoms with Crippen molar-refractivity contribution in [2.24, 2.45) is 0 Å². The molecule has 1 amide bonds. The number of phenolic OH excluding ortho intramolecular Hbond substituents is 1. The van der Waals surface area contributed by atoms with E-state index in [0.717, 1.165) is 6.42 Å². The molecular weight excluding hydrogens is 250 g/mol. The summed E-state index contributed by atoms with van der Waals surface area (Å²) in [5, 5.41) is 12.7. The number of hydrogen-bond acceptors (Lipinski definition) is 2. The van der Waals surface area contributed by atoms with Crippen LogP contribution < -0.4 is 5.32 Å². The van der Waals surface area contributed by atoms with Gasteiger partial charge in [0.05, 0.1) is 6.42 Å². The van der Waals surface area contributed by atoms with Crippen LogP contribution in [0.2, 0.25) is 0 Å². The number of hydrogen-bond donors (Lipinski definition) is 2. The molecule has 0 spiro atoms. The summed E-state index contributed by atoms with van der Waals surface area (Å²) in [5.41, 5.74) is 1.95. The van der Waals surface area contributed by atoms with E-state index in [0.29, 0.717) is 11.5 Å². The Kier molecular flexibility index (Phi) is 3.42. The minimum Gasteiger partial charge on any atom is -0.508 e. The molecule has 0 aromatic heterocycles. The zero-order valence-corrected chi connectivity index (χ0v) is 11.1. The number of carbonyl (C=O) groups excluding carboxylic acids is 1. The van der Waals surface area contributed by atoms with E-state index in [2.05, 4.69) is 17.4 Å². The Labute approximate surface area is 118 Å². The molecule has 2 aromatic rings. The SMILES string of the molecule is O=C(Cc1ccccc1O)NC1CC1c1ccccc1. The maximum absolute atomic E-state index is 12.0. The maximum Gasteiger partial charge on any atom is 0.224 e. The molecule has 2 N–H and O–H groups in total. The summed E-state index contributed by atoms with van der Waals surface area (Å²) in [4.78, 5) is 12.0. The van der Waals surface area contributed by atoms with Gasteiger partial charge in [-0.15, -0.1) is 0 Å². The molecule has 0 heterocycles. The lowest BCUT2D eigenvalue weighted by Gasteiger charge is -2.06.